The molecule has 2 aromatic carbocycles. The quantitative estimate of drug-likeness (QED) is 0.532. The van der Waals surface area contributed by atoms with Gasteiger partial charge in [0.25, 0.3) is 11.8 Å². The summed E-state index contributed by atoms with van der Waals surface area (Å²) in [5, 5.41) is 12.1. The van der Waals surface area contributed by atoms with Crippen molar-refractivity contribution in [3.63, 3.8) is 0 Å². The van der Waals surface area contributed by atoms with Crippen LogP contribution in [-0.2, 0) is 13.1 Å². The lowest BCUT2D eigenvalue weighted by Gasteiger charge is -2.27. The summed E-state index contributed by atoms with van der Waals surface area (Å²) >= 11 is 0. The van der Waals surface area contributed by atoms with Crippen molar-refractivity contribution in [3.8, 4) is 23.0 Å². The van der Waals surface area contributed by atoms with Gasteiger partial charge in [0.2, 0.25) is 5.82 Å². The molecule has 0 radical (unpaired) electrons. The van der Waals surface area contributed by atoms with Crippen LogP contribution < -0.4 is 0 Å². The Morgan fingerprint density at radius 3 is 2.66 bits per heavy atom. The monoisotopic (exact) mass is 390 g/mol. The first-order chi connectivity index (χ1) is 14.2. The van der Waals surface area contributed by atoms with Crippen molar-refractivity contribution in [1.29, 1.82) is 0 Å². The van der Waals surface area contributed by atoms with E-state index in [4.69, 9.17) is 4.52 Å². The van der Waals surface area contributed by atoms with Crippen molar-refractivity contribution >= 4 is 5.91 Å². The Balaban J connectivity index is 1.46. The number of halogens is 1. The van der Waals surface area contributed by atoms with E-state index in [0.717, 1.165) is 5.56 Å². The maximum Gasteiger partial charge on any atom is 0.281 e. The number of nitrogens with zero attached hydrogens (tertiary/aromatic N) is 6. The van der Waals surface area contributed by atoms with Crippen LogP contribution in [0, 0.1) is 5.82 Å². The Bertz CT molecular complexity index is 1190. The highest BCUT2D eigenvalue weighted by molar-refractivity contribution is 5.98. The molecule has 0 spiro atoms. The maximum atomic E-state index is 14.0. The number of hydrogen-bond donors (Lipinski definition) is 0. The number of hydrogen-bond acceptors (Lipinski definition) is 6. The van der Waals surface area contributed by atoms with Gasteiger partial charge in [-0.05, 0) is 6.07 Å². The molecule has 0 N–H and O–H groups in total. The van der Waals surface area contributed by atoms with Gasteiger partial charge in [0.15, 0.2) is 11.4 Å². The molecule has 8 nitrogen and oxygen atoms in total. The number of benzene rings is 2. The summed E-state index contributed by atoms with van der Waals surface area (Å²) in [6.07, 6.45) is 0. The van der Waals surface area contributed by atoms with E-state index in [2.05, 4.69) is 20.5 Å². The number of amides is 1. The Morgan fingerprint density at radius 2 is 1.83 bits per heavy atom. The van der Waals surface area contributed by atoms with Crippen LogP contribution in [0.3, 0.4) is 0 Å². The van der Waals surface area contributed by atoms with Crippen LogP contribution in [0.25, 0.3) is 23.0 Å². The van der Waals surface area contributed by atoms with Gasteiger partial charge in [-0.3, -0.25) is 4.79 Å². The zero-order valence-electron chi connectivity index (χ0n) is 15.2. The average molecular weight is 390 g/mol. The molecule has 9 heteroatoms. The molecule has 0 saturated heterocycles. The molecule has 2 aromatic heterocycles. The van der Waals surface area contributed by atoms with E-state index in [9.17, 15) is 9.18 Å². The molecular weight excluding hydrogens is 375 g/mol. The molecule has 0 saturated carbocycles. The summed E-state index contributed by atoms with van der Waals surface area (Å²) in [6.45, 7) is 1.01. The fraction of sp³-hybridized carbons (Fsp3) is 0.150. The number of carbonyl (C=O) groups excluding carboxylic acids is 1. The lowest BCUT2D eigenvalue weighted by molar-refractivity contribution is 0.0682. The van der Waals surface area contributed by atoms with Crippen LogP contribution in [0.5, 0.6) is 0 Å². The van der Waals surface area contributed by atoms with Crippen LogP contribution in [0.15, 0.2) is 59.1 Å². The standard InChI is InChI=1S/C20H15FN6O2/c21-15-9-5-4-8-14(15)12-26-10-11-27-17(20(26)28)16(23-25-27)19-22-18(24-29-19)13-6-2-1-3-7-13/h1-9H,10-12H2. The lowest BCUT2D eigenvalue weighted by atomic mass is 10.1. The highest BCUT2D eigenvalue weighted by atomic mass is 19.1. The molecule has 1 aliphatic heterocycles. The fourth-order valence-corrected chi connectivity index (χ4v) is 3.30. The Hall–Kier alpha value is -3.88. The van der Waals surface area contributed by atoms with E-state index < -0.39 is 0 Å². The first-order valence-electron chi connectivity index (χ1n) is 9.06. The molecule has 0 unspecified atom stereocenters. The third-order valence-electron chi connectivity index (χ3n) is 4.79. The number of carbonyl (C=O) groups is 1. The van der Waals surface area contributed by atoms with E-state index in [1.54, 1.807) is 23.1 Å². The molecule has 1 amide bonds. The van der Waals surface area contributed by atoms with Crippen molar-refractivity contribution < 1.29 is 13.7 Å². The molecule has 5 rings (SSSR count). The second-order valence-electron chi connectivity index (χ2n) is 6.62. The SMILES string of the molecule is O=C1c2c(-c3nc(-c4ccccc4)no3)nnn2CCN1Cc1ccccc1F. The fourth-order valence-electron chi connectivity index (χ4n) is 3.30. The van der Waals surface area contributed by atoms with Crippen molar-refractivity contribution in [2.75, 3.05) is 6.54 Å². The Morgan fingerprint density at radius 1 is 1.03 bits per heavy atom. The number of fused-ring (bicyclic) bond motifs is 1. The van der Waals surface area contributed by atoms with Gasteiger partial charge in [-0.1, -0.05) is 58.9 Å². The first kappa shape index (κ1) is 17.2. The van der Waals surface area contributed by atoms with Crippen molar-refractivity contribution in [2.24, 2.45) is 0 Å². The van der Waals surface area contributed by atoms with Crippen LogP contribution in [0.1, 0.15) is 16.1 Å². The predicted octanol–water partition coefficient (Wildman–Crippen LogP) is 2.79. The largest absolute Gasteiger partial charge is 0.332 e. The third-order valence-corrected chi connectivity index (χ3v) is 4.79. The normalized spacial score (nSPS) is 13.6. The molecule has 0 fully saturated rings. The van der Waals surface area contributed by atoms with Crippen LogP contribution in [0.4, 0.5) is 4.39 Å². The van der Waals surface area contributed by atoms with Gasteiger partial charge in [0.05, 0.1) is 6.54 Å². The van der Waals surface area contributed by atoms with Gasteiger partial charge in [-0.25, -0.2) is 9.07 Å². The molecule has 3 heterocycles. The summed E-state index contributed by atoms with van der Waals surface area (Å²) < 4.78 is 20.9. The van der Waals surface area contributed by atoms with Gasteiger partial charge in [-0.15, -0.1) is 5.10 Å². The minimum absolute atomic E-state index is 0.117. The van der Waals surface area contributed by atoms with Gasteiger partial charge in [-0.2, -0.15) is 4.98 Å². The zero-order chi connectivity index (χ0) is 19.8. The van der Waals surface area contributed by atoms with Crippen LogP contribution >= 0.6 is 0 Å². The van der Waals surface area contributed by atoms with Gasteiger partial charge < -0.3 is 9.42 Å². The first-order valence-corrected chi connectivity index (χ1v) is 9.06. The summed E-state index contributed by atoms with van der Waals surface area (Å²) in [5.74, 6) is -0.138. The highest BCUT2D eigenvalue weighted by Crippen LogP contribution is 2.26. The second-order valence-corrected chi connectivity index (χ2v) is 6.62. The third kappa shape index (κ3) is 3.06. The summed E-state index contributed by atoms with van der Waals surface area (Å²) in [4.78, 5) is 19.0. The highest BCUT2D eigenvalue weighted by Gasteiger charge is 2.33. The van der Waals surface area contributed by atoms with Gasteiger partial charge in [0.1, 0.15) is 5.82 Å². The van der Waals surface area contributed by atoms with E-state index in [-0.39, 0.29) is 35.5 Å². The molecule has 144 valence electrons. The Labute approximate surface area is 164 Å². The Kier molecular flexibility index (Phi) is 4.12. The van der Waals surface area contributed by atoms with Crippen molar-refractivity contribution in [3.05, 3.63) is 71.7 Å². The van der Waals surface area contributed by atoms with Gasteiger partial charge >= 0.3 is 0 Å². The second kappa shape index (κ2) is 6.93. The molecule has 4 aromatic rings. The molecule has 0 atom stereocenters. The van der Waals surface area contributed by atoms with E-state index in [0.29, 0.717) is 24.5 Å². The minimum Gasteiger partial charge on any atom is -0.332 e. The zero-order valence-corrected chi connectivity index (χ0v) is 15.2. The average Bonchev–Trinajstić information content (AvgIpc) is 3.40. The summed E-state index contributed by atoms with van der Waals surface area (Å²) in [7, 11) is 0. The smallest absolute Gasteiger partial charge is 0.281 e. The van der Waals surface area contributed by atoms with Gasteiger partial charge in [0, 0.05) is 24.2 Å². The molecule has 1 aliphatic rings. The summed E-state index contributed by atoms with van der Waals surface area (Å²) in [5.41, 5.74) is 1.72. The maximum absolute atomic E-state index is 14.0. The molecular formula is C20H15FN6O2. The molecule has 29 heavy (non-hydrogen) atoms. The van der Waals surface area contributed by atoms with Crippen molar-refractivity contribution in [1.82, 2.24) is 30.0 Å². The minimum atomic E-state index is -0.345. The van der Waals surface area contributed by atoms with Crippen molar-refractivity contribution in [2.45, 2.75) is 13.1 Å². The topological polar surface area (TPSA) is 89.9 Å². The lowest BCUT2D eigenvalue weighted by Crippen LogP contribution is -2.40. The van der Waals surface area contributed by atoms with E-state index in [1.807, 2.05) is 30.3 Å². The predicted molar refractivity (Wildman–Crippen MR) is 99.9 cm³/mol. The van der Waals surface area contributed by atoms with E-state index >= 15 is 0 Å². The summed E-state index contributed by atoms with van der Waals surface area (Å²) in [6, 6.07) is 15.8. The molecule has 0 bridgehead atoms. The number of rotatable bonds is 4. The van der Waals surface area contributed by atoms with Crippen LogP contribution in [0.2, 0.25) is 0 Å². The molecule has 0 aliphatic carbocycles. The van der Waals surface area contributed by atoms with E-state index in [1.165, 1.54) is 10.7 Å². The number of aromatic nitrogens is 5. The van der Waals surface area contributed by atoms with Crippen LogP contribution in [-0.4, -0.2) is 42.5 Å².